The van der Waals surface area contributed by atoms with Gasteiger partial charge in [-0.05, 0) is 42.8 Å². The number of benzene rings is 2. The lowest BCUT2D eigenvalue weighted by Crippen LogP contribution is -1.99. The van der Waals surface area contributed by atoms with Crippen molar-refractivity contribution in [3.05, 3.63) is 60.2 Å². The summed E-state index contributed by atoms with van der Waals surface area (Å²) in [7, 11) is 0. The van der Waals surface area contributed by atoms with Crippen molar-refractivity contribution in [3.63, 3.8) is 0 Å². The van der Waals surface area contributed by atoms with E-state index in [4.69, 9.17) is 0 Å². The first-order chi connectivity index (χ1) is 9.81. The molecular weight excluding hydrogens is 248 g/mol. The number of pyridine rings is 1. The van der Waals surface area contributed by atoms with Crippen LogP contribution in [0.3, 0.4) is 0 Å². The summed E-state index contributed by atoms with van der Waals surface area (Å²) in [5.74, 6) is 0.787. The number of hydrogen-bond acceptors (Lipinski definition) is 3. The fraction of sp³-hybridized carbons (Fsp3) is 0.0625. The summed E-state index contributed by atoms with van der Waals surface area (Å²) in [6, 6.07) is 18.2. The number of hydrogen-bond donors (Lipinski definition) is 0. The third-order valence-electron chi connectivity index (χ3n) is 3.40. The van der Waals surface area contributed by atoms with Gasteiger partial charge in [0.1, 0.15) is 5.52 Å². The fourth-order valence-electron chi connectivity index (χ4n) is 2.38. The van der Waals surface area contributed by atoms with Crippen LogP contribution < -0.4 is 0 Å². The van der Waals surface area contributed by atoms with Crippen LogP contribution >= 0.6 is 0 Å². The molecule has 4 rings (SSSR count). The Labute approximate surface area is 115 Å². The van der Waals surface area contributed by atoms with Crippen LogP contribution in [-0.4, -0.2) is 20.0 Å². The summed E-state index contributed by atoms with van der Waals surface area (Å²) < 4.78 is 1.78. The standard InChI is InChI=1S/C16H12N4/c1-11-6-8-15-14(10-11)18-19-20(15)16-9-7-12-4-2-3-5-13(12)17-16/h2-10H,1H3. The van der Waals surface area contributed by atoms with Gasteiger partial charge in [0, 0.05) is 5.39 Å². The third-order valence-corrected chi connectivity index (χ3v) is 3.40. The van der Waals surface area contributed by atoms with E-state index < -0.39 is 0 Å². The van der Waals surface area contributed by atoms with Crippen LogP contribution in [0.4, 0.5) is 0 Å². The van der Waals surface area contributed by atoms with E-state index >= 15 is 0 Å². The topological polar surface area (TPSA) is 43.6 Å². The Morgan fingerprint density at radius 3 is 2.75 bits per heavy atom. The van der Waals surface area contributed by atoms with E-state index in [9.17, 15) is 0 Å². The van der Waals surface area contributed by atoms with Gasteiger partial charge in [-0.3, -0.25) is 0 Å². The van der Waals surface area contributed by atoms with Gasteiger partial charge in [-0.25, -0.2) is 4.98 Å². The molecule has 0 bridgehead atoms. The fourth-order valence-corrected chi connectivity index (χ4v) is 2.38. The third kappa shape index (κ3) is 1.66. The molecule has 0 saturated heterocycles. The molecule has 0 amide bonds. The van der Waals surface area contributed by atoms with E-state index in [1.165, 1.54) is 5.56 Å². The van der Waals surface area contributed by atoms with Crippen LogP contribution in [0.25, 0.3) is 27.8 Å². The Kier molecular flexibility index (Phi) is 2.29. The number of para-hydroxylation sites is 1. The highest BCUT2D eigenvalue weighted by molar-refractivity contribution is 5.81. The highest BCUT2D eigenvalue weighted by atomic mass is 15.4. The summed E-state index contributed by atoms with van der Waals surface area (Å²) in [6.45, 7) is 2.05. The molecule has 0 aliphatic carbocycles. The molecule has 0 aliphatic heterocycles. The molecule has 0 radical (unpaired) electrons. The number of aryl methyl sites for hydroxylation is 1. The Hall–Kier alpha value is -2.75. The van der Waals surface area contributed by atoms with Crippen molar-refractivity contribution in [3.8, 4) is 5.82 Å². The molecule has 96 valence electrons. The summed E-state index contributed by atoms with van der Waals surface area (Å²) in [5, 5.41) is 9.55. The molecule has 4 aromatic rings. The quantitative estimate of drug-likeness (QED) is 0.527. The Morgan fingerprint density at radius 2 is 1.80 bits per heavy atom. The van der Waals surface area contributed by atoms with E-state index in [0.717, 1.165) is 27.8 Å². The van der Waals surface area contributed by atoms with E-state index in [1.807, 2.05) is 43.3 Å². The maximum atomic E-state index is 4.65. The first kappa shape index (κ1) is 11.1. The lowest BCUT2D eigenvalue weighted by molar-refractivity contribution is 0.805. The summed E-state index contributed by atoms with van der Waals surface area (Å²) in [5.41, 5.74) is 4.00. The van der Waals surface area contributed by atoms with E-state index in [-0.39, 0.29) is 0 Å². The highest BCUT2D eigenvalue weighted by Gasteiger charge is 2.08. The zero-order valence-corrected chi connectivity index (χ0v) is 11.0. The average molecular weight is 260 g/mol. The molecule has 0 fully saturated rings. The lowest BCUT2D eigenvalue weighted by atomic mass is 10.2. The van der Waals surface area contributed by atoms with E-state index in [1.54, 1.807) is 4.68 Å². The van der Waals surface area contributed by atoms with Crippen molar-refractivity contribution in [2.24, 2.45) is 0 Å². The van der Waals surface area contributed by atoms with Crippen LogP contribution in [-0.2, 0) is 0 Å². The van der Waals surface area contributed by atoms with Gasteiger partial charge in [0.05, 0.1) is 11.0 Å². The number of rotatable bonds is 1. The van der Waals surface area contributed by atoms with Crippen molar-refractivity contribution < 1.29 is 0 Å². The van der Waals surface area contributed by atoms with Crippen LogP contribution in [0, 0.1) is 6.92 Å². The molecule has 0 saturated carbocycles. The molecule has 4 nitrogen and oxygen atoms in total. The van der Waals surface area contributed by atoms with E-state index in [2.05, 4.69) is 33.5 Å². The number of aromatic nitrogens is 4. The van der Waals surface area contributed by atoms with Crippen LogP contribution in [0.1, 0.15) is 5.56 Å². The van der Waals surface area contributed by atoms with Gasteiger partial charge < -0.3 is 0 Å². The molecule has 0 aliphatic rings. The van der Waals surface area contributed by atoms with Gasteiger partial charge in [-0.2, -0.15) is 4.68 Å². The van der Waals surface area contributed by atoms with Crippen LogP contribution in [0.2, 0.25) is 0 Å². The van der Waals surface area contributed by atoms with Gasteiger partial charge in [0.15, 0.2) is 5.82 Å². The minimum atomic E-state index is 0.787. The predicted octanol–water partition coefficient (Wildman–Crippen LogP) is 3.28. The molecule has 2 heterocycles. The van der Waals surface area contributed by atoms with Gasteiger partial charge in [-0.15, -0.1) is 5.10 Å². The van der Waals surface area contributed by atoms with Crippen molar-refractivity contribution in [2.45, 2.75) is 6.92 Å². The molecule has 0 atom stereocenters. The predicted molar refractivity (Wildman–Crippen MR) is 78.9 cm³/mol. The molecule has 0 unspecified atom stereocenters. The van der Waals surface area contributed by atoms with Gasteiger partial charge >= 0.3 is 0 Å². The second-order valence-electron chi connectivity index (χ2n) is 4.86. The minimum absolute atomic E-state index is 0.787. The smallest absolute Gasteiger partial charge is 0.156 e. The zero-order chi connectivity index (χ0) is 13.5. The second kappa shape index (κ2) is 4.13. The minimum Gasteiger partial charge on any atom is -0.229 e. The Balaban J connectivity index is 1.96. The second-order valence-corrected chi connectivity index (χ2v) is 4.86. The Morgan fingerprint density at radius 1 is 0.900 bits per heavy atom. The molecule has 4 heteroatoms. The molecule has 20 heavy (non-hydrogen) atoms. The van der Waals surface area contributed by atoms with Crippen LogP contribution in [0.15, 0.2) is 54.6 Å². The SMILES string of the molecule is Cc1ccc2c(c1)nnn2-c1ccc2ccccc2n1. The summed E-state index contributed by atoms with van der Waals surface area (Å²) >= 11 is 0. The van der Waals surface area contributed by atoms with E-state index in [0.29, 0.717) is 0 Å². The highest BCUT2D eigenvalue weighted by Crippen LogP contribution is 2.18. The first-order valence-electron chi connectivity index (χ1n) is 6.49. The Bertz CT molecular complexity index is 924. The molecule has 0 spiro atoms. The normalized spacial score (nSPS) is 11.2. The van der Waals surface area contributed by atoms with Crippen molar-refractivity contribution in [1.82, 2.24) is 20.0 Å². The van der Waals surface area contributed by atoms with Crippen LogP contribution in [0.5, 0.6) is 0 Å². The molecule has 0 N–H and O–H groups in total. The summed E-state index contributed by atoms with van der Waals surface area (Å²) in [4.78, 5) is 4.65. The largest absolute Gasteiger partial charge is 0.229 e. The number of fused-ring (bicyclic) bond motifs is 2. The van der Waals surface area contributed by atoms with Crippen molar-refractivity contribution >= 4 is 21.9 Å². The summed E-state index contributed by atoms with van der Waals surface area (Å²) in [6.07, 6.45) is 0. The monoisotopic (exact) mass is 260 g/mol. The first-order valence-corrected chi connectivity index (χ1v) is 6.49. The lowest BCUT2D eigenvalue weighted by Gasteiger charge is -2.03. The van der Waals surface area contributed by atoms with Gasteiger partial charge in [0.25, 0.3) is 0 Å². The maximum Gasteiger partial charge on any atom is 0.156 e. The van der Waals surface area contributed by atoms with Gasteiger partial charge in [0.2, 0.25) is 0 Å². The number of nitrogens with zero attached hydrogens (tertiary/aromatic N) is 4. The molecule has 2 aromatic carbocycles. The molecule has 2 aromatic heterocycles. The van der Waals surface area contributed by atoms with Crippen molar-refractivity contribution in [1.29, 1.82) is 0 Å². The van der Waals surface area contributed by atoms with Gasteiger partial charge in [-0.1, -0.05) is 29.5 Å². The average Bonchev–Trinajstić information content (AvgIpc) is 2.89. The van der Waals surface area contributed by atoms with Crippen molar-refractivity contribution in [2.75, 3.05) is 0 Å². The molecular formula is C16H12N4. The maximum absolute atomic E-state index is 4.65. The zero-order valence-electron chi connectivity index (χ0n) is 11.0.